The largest absolute Gasteiger partial charge is 0.298 e. The van der Waals surface area contributed by atoms with Gasteiger partial charge < -0.3 is 0 Å². The third-order valence-electron chi connectivity index (χ3n) is 1.93. The van der Waals surface area contributed by atoms with E-state index in [4.69, 9.17) is 16.9 Å². The van der Waals surface area contributed by atoms with Gasteiger partial charge in [0.2, 0.25) is 0 Å². The molecule has 0 aliphatic heterocycles. The third-order valence-corrected chi connectivity index (χ3v) is 3.25. The second-order valence-electron chi connectivity index (χ2n) is 2.73. The molecule has 4 heteroatoms. The molecule has 2 rings (SSSR count). The standard InChI is InChI=1S/C10H4ClNOS/c11-9-3-6-1-2-7(4-12)8(5-13)10(6)14-9/h1-3,5H. The van der Waals surface area contributed by atoms with Crippen molar-refractivity contribution in [2.75, 3.05) is 0 Å². The van der Waals surface area contributed by atoms with Gasteiger partial charge in [0.05, 0.1) is 16.0 Å². The molecule has 0 saturated heterocycles. The summed E-state index contributed by atoms with van der Waals surface area (Å²) in [7, 11) is 0. The molecular weight excluding hydrogens is 218 g/mol. The van der Waals surface area contributed by atoms with Gasteiger partial charge in [0.15, 0.2) is 6.29 Å². The smallest absolute Gasteiger partial charge is 0.152 e. The van der Waals surface area contributed by atoms with Crippen molar-refractivity contribution in [3.8, 4) is 6.07 Å². The summed E-state index contributed by atoms with van der Waals surface area (Å²) in [4.78, 5) is 10.8. The maximum Gasteiger partial charge on any atom is 0.152 e. The van der Waals surface area contributed by atoms with E-state index < -0.39 is 0 Å². The highest BCUT2D eigenvalue weighted by Crippen LogP contribution is 2.32. The van der Waals surface area contributed by atoms with E-state index in [1.165, 1.54) is 11.3 Å². The molecule has 68 valence electrons. The Morgan fingerprint density at radius 3 is 2.93 bits per heavy atom. The Morgan fingerprint density at radius 2 is 2.29 bits per heavy atom. The van der Waals surface area contributed by atoms with Crippen LogP contribution in [0.25, 0.3) is 10.1 Å². The number of carbonyl (C=O) groups excluding carboxylic acids is 1. The lowest BCUT2D eigenvalue weighted by Crippen LogP contribution is -1.86. The maximum absolute atomic E-state index is 10.8. The Balaban J connectivity index is 2.91. The number of benzene rings is 1. The number of carbonyl (C=O) groups is 1. The van der Waals surface area contributed by atoms with Gasteiger partial charge in [0, 0.05) is 10.3 Å². The lowest BCUT2D eigenvalue weighted by molar-refractivity contribution is 0.112. The van der Waals surface area contributed by atoms with Crippen LogP contribution in [0.4, 0.5) is 0 Å². The number of fused-ring (bicyclic) bond motifs is 1. The van der Waals surface area contributed by atoms with Gasteiger partial charge in [-0.3, -0.25) is 4.79 Å². The molecule has 0 bridgehead atoms. The molecule has 2 nitrogen and oxygen atoms in total. The SMILES string of the molecule is N#Cc1ccc2cc(Cl)sc2c1C=O. The number of nitrogens with zero attached hydrogens (tertiary/aromatic N) is 1. The van der Waals surface area contributed by atoms with Crippen LogP contribution in [0.15, 0.2) is 18.2 Å². The average molecular weight is 222 g/mol. The zero-order valence-electron chi connectivity index (χ0n) is 6.95. The van der Waals surface area contributed by atoms with Gasteiger partial charge in [-0.1, -0.05) is 17.7 Å². The molecule has 0 aliphatic carbocycles. The number of rotatable bonds is 1. The molecule has 0 aliphatic rings. The Bertz CT molecular complexity index is 553. The second-order valence-corrected chi connectivity index (χ2v) is 4.41. The first-order valence-corrected chi connectivity index (χ1v) is 5.03. The van der Waals surface area contributed by atoms with Gasteiger partial charge >= 0.3 is 0 Å². The van der Waals surface area contributed by atoms with Crippen LogP contribution in [0.1, 0.15) is 15.9 Å². The van der Waals surface area contributed by atoms with Crippen molar-refractivity contribution in [3.63, 3.8) is 0 Å². The predicted molar refractivity (Wildman–Crippen MR) is 56.9 cm³/mol. The first kappa shape index (κ1) is 9.20. The summed E-state index contributed by atoms with van der Waals surface area (Å²) in [6.45, 7) is 0. The normalized spacial score (nSPS) is 10.0. The highest BCUT2D eigenvalue weighted by atomic mass is 35.5. The summed E-state index contributed by atoms with van der Waals surface area (Å²) in [6, 6.07) is 7.20. The molecule has 0 atom stereocenters. The van der Waals surface area contributed by atoms with Crippen LogP contribution in [-0.2, 0) is 0 Å². The molecule has 1 aromatic heterocycles. The molecule has 0 fully saturated rings. The molecule has 0 amide bonds. The number of thiophene rings is 1. The molecule has 0 unspecified atom stereocenters. The zero-order valence-corrected chi connectivity index (χ0v) is 8.52. The summed E-state index contributed by atoms with van der Waals surface area (Å²) in [6.07, 6.45) is 0.702. The van der Waals surface area contributed by atoms with E-state index >= 15 is 0 Å². The fourth-order valence-corrected chi connectivity index (χ4v) is 2.55. The minimum atomic E-state index is 0.394. The Kier molecular flexibility index (Phi) is 2.24. The van der Waals surface area contributed by atoms with Crippen LogP contribution in [0.3, 0.4) is 0 Å². The summed E-state index contributed by atoms with van der Waals surface area (Å²) in [5, 5.41) is 9.68. The van der Waals surface area contributed by atoms with E-state index in [0.717, 1.165) is 10.1 Å². The number of hydrogen-bond donors (Lipinski definition) is 0. The van der Waals surface area contributed by atoms with E-state index in [0.29, 0.717) is 21.7 Å². The zero-order chi connectivity index (χ0) is 10.1. The number of aldehydes is 1. The van der Waals surface area contributed by atoms with Gasteiger partial charge in [-0.25, -0.2) is 0 Å². The molecule has 0 N–H and O–H groups in total. The molecular formula is C10H4ClNOS. The lowest BCUT2D eigenvalue weighted by atomic mass is 10.1. The number of halogens is 1. The van der Waals surface area contributed by atoms with E-state index in [2.05, 4.69) is 0 Å². The van der Waals surface area contributed by atoms with Crippen LogP contribution in [0, 0.1) is 11.3 Å². The minimum absolute atomic E-state index is 0.394. The lowest BCUT2D eigenvalue weighted by Gasteiger charge is -1.95. The Hall–Kier alpha value is -1.37. The second kappa shape index (κ2) is 3.41. The fraction of sp³-hybridized carbons (Fsp3) is 0. The van der Waals surface area contributed by atoms with Crippen molar-refractivity contribution in [2.45, 2.75) is 0 Å². The molecule has 1 aromatic carbocycles. The fourth-order valence-electron chi connectivity index (χ4n) is 1.31. The maximum atomic E-state index is 10.8. The summed E-state index contributed by atoms with van der Waals surface area (Å²) >= 11 is 7.14. The molecule has 1 heterocycles. The molecule has 0 spiro atoms. The summed E-state index contributed by atoms with van der Waals surface area (Å²) < 4.78 is 1.40. The van der Waals surface area contributed by atoms with Crippen LogP contribution >= 0.6 is 22.9 Å². The van der Waals surface area contributed by atoms with E-state index in [-0.39, 0.29) is 0 Å². The van der Waals surface area contributed by atoms with E-state index in [1.807, 2.05) is 6.07 Å². The van der Waals surface area contributed by atoms with Crippen molar-refractivity contribution in [1.29, 1.82) is 5.26 Å². The van der Waals surface area contributed by atoms with Gasteiger partial charge in [-0.15, -0.1) is 11.3 Å². The van der Waals surface area contributed by atoms with Crippen molar-refractivity contribution < 1.29 is 4.79 Å². The summed E-state index contributed by atoms with van der Waals surface area (Å²) in [5.74, 6) is 0. The number of nitriles is 1. The van der Waals surface area contributed by atoms with Crippen molar-refractivity contribution in [1.82, 2.24) is 0 Å². The predicted octanol–water partition coefficient (Wildman–Crippen LogP) is 3.24. The van der Waals surface area contributed by atoms with Gasteiger partial charge in [0.25, 0.3) is 0 Å². The Morgan fingerprint density at radius 1 is 1.50 bits per heavy atom. The third kappa shape index (κ3) is 1.29. The van der Waals surface area contributed by atoms with Gasteiger partial charge in [-0.2, -0.15) is 5.26 Å². The van der Waals surface area contributed by atoms with Crippen molar-refractivity contribution in [2.24, 2.45) is 0 Å². The van der Waals surface area contributed by atoms with E-state index in [9.17, 15) is 4.79 Å². The van der Waals surface area contributed by atoms with Gasteiger partial charge in [0.1, 0.15) is 0 Å². The summed E-state index contributed by atoms with van der Waals surface area (Å²) in [5.41, 5.74) is 0.827. The van der Waals surface area contributed by atoms with Crippen LogP contribution in [0.5, 0.6) is 0 Å². The number of hydrogen-bond acceptors (Lipinski definition) is 3. The highest BCUT2D eigenvalue weighted by molar-refractivity contribution is 7.23. The molecule has 0 radical (unpaired) electrons. The quantitative estimate of drug-likeness (QED) is 0.694. The molecule has 2 aromatic rings. The van der Waals surface area contributed by atoms with Crippen molar-refractivity contribution in [3.05, 3.63) is 33.7 Å². The highest BCUT2D eigenvalue weighted by Gasteiger charge is 2.09. The van der Waals surface area contributed by atoms with Crippen LogP contribution < -0.4 is 0 Å². The first-order valence-electron chi connectivity index (χ1n) is 3.83. The van der Waals surface area contributed by atoms with Gasteiger partial charge in [-0.05, 0) is 17.5 Å². The minimum Gasteiger partial charge on any atom is -0.298 e. The topological polar surface area (TPSA) is 40.9 Å². The van der Waals surface area contributed by atoms with Crippen LogP contribution in [-0.4, -0.2) is 6.29 Å². The molecule has 0 saturated carbocycles. The van der Waals surface area contributed by atoms with Crippen molar-refractivity contribution >= 4 is 39.3 Å². The first-order chi connectivity index (χ1) is 6.76. The Labute approximate surface area is 89.3 Å². The monoisotopic (exact) mass is 221 g/mol. The molecule has 14 heavy (non-hydrogen) atoms. The van der Waals surface area contributed by atoms with Crippen LogP contribution in [0.2, 0.25) is 4.34 Å². The van der Waals surface area contributed by atoms with E-state index in [1.54, 1.807) is 18.2 Å². The average Bonchev–Trinajstić information content (AvgIpc) is 2.56.